The highest BCUT2D eigenvalue weighted by atomic mass is 19.4. The molecule has 0 aromatic heterocycles. The molecule has 7 heteroatoms. The van der Waals surface area contributed by atoms with E-state index in [-0.39, 0.29) is 12.1 Å². The predicted molar refractivity (Wildman–Crippen MR) is 85.7 cm³/mol. The van der Waals surface area contributed by atoms with Crippen LogP contribution in [0.25, 0.3) is 0 Å². The van der Waals surface area contributed by atoms with Gasteiger partial charge < -0.3 is 15.4 Å². The fraction of sp³-hybridized carbons (Fsp3) is 0.588. The summed E-state index contributed by atoms with van der Waals surface area (Å²) in [7, 11) is 0. The molecule has 1 aromatic carbocycles. The highest BCUT2D eigenvalue weighted by Crippen LogP contribution is 2.34. The molecule has 0 radical (unpaired) electrons. The van der Waals surface area contributed by atoms with Crippen molar-refractivity contribution in [2.24, 2.45) is 4.99 Å². The summed E-state index contributed by atoms with van der Waals surface area (Å²) >= 11 is 0. The number of nitrogens with one attached hydrogen (secondary N) is 2. The highest BCUT2D eigenvalue weighted by Gasteiger charge is 2.41. The van der Waals surface area contributed by atoms with Gasteiger partial charge in [-0.1, -0.05) is 12.1 Å². The monoisotopic (exact) mass is 341 g/mol. The zero-order valence-corrected chi connectivity index (χ0v) is 13.6. The summed E-state index contributed by atoms with van der Waals surface area (Å²) in [5.74, 6) is 0.679. The zero-order chi connectivity index (χ0) is 17.2. The van der Waals surface area contributed by atoms with Gasteiger partial charge >= 0.3 is 6.18 Å². The van der Waals surface area contributed by atoms with Gasteiger partial charge in [0.15, 0.2) is 5.96 Å². The molecular weight excluding hydrogens is 319 g/mol. The molecular formula is C17H22F3N3O. The lowest BCUT2D eigenvalue weighted by Crippen LogP contribution is -2.47. The van der Waals surface area contributed by atoms with Gasteiger partial charge in [-0.25, -0.2) is 4.99 Å². The molecule has 2 heterocycles. The number of ether oxygens (including phenoxy) is 1. The van der Waals surface area contributed by atoms with Crippen LogP contribution < -0.4 is 10.6 Å². The lowest BCUT2D eigenvalue weighted by molar-refractivity contribution is -0.137. The van der Waals surface area contributed by atoms with Gasteiger partial charge in [0.05, 0.1) is 30.4 Å². The Morgan fingerprint density at radius 2 is 2.00 bits per heavy atom. The minimum absolute atomic E-state index is 0.241. The molecule has 3 unspecified atom stereocenters. The minimum Gasteiger partial charge on any atom is -0.373 e. The van der Waals surface area contributed by atoms with Crippen LogP contribution in [-0.4, -0.2) is 30.8 Å². The quantitative estimate of drug-likeness (QED) is 0.653. The third kappa shape index (κ3) is 4.01. The van der Waals surface area contributed by atoms with Crippen LogP contribution in [0.15, 0.2) is 29.3 Å². The summed E-state index contributed by atoms with van der Waals surface area (Å²) in [6.07, 6.45) is -0.534. The van der Waals surface area contributed by atoms with Crippen LogP contribution in [0.5, 0.6) is 0 Å². The summed E-state index contributed by atoms with van der Waals surface area (Å²) in [4.78, 5) is 4.48. The second-order valence-corrected chi connectivity index (χ2v) is 6.25. The first-order valence-electron chi connectivity index (χ1n) is 8.32. The smallest absolute Gasteiger partial charge is 0.373 e. The number of rotatable bonds is 4. The van der Waals surface area contributed by atoms with Gasteiger partial charge in [0.25, 0.3) is 0 Å². The summed E-state index contributed by atoms with van der Waals surface area (Å²) in [6, 6.07) is 5.38. The van der Waals surface area contributed by atoms with Crippen molar-refractivity contribution in [3.8, 4) is 0 Å². The average molecular weight is 341 g/mol. The summed E-state index contributed by atoms with van der Waals surface area (Å²) < 4.78 is 43.5. The Labute approximate surface area is 139 Å². The van der Waals surface area contributed by atoms with Crippen LogP contribution in [0.4, 0.5) is 13.2 Å². The number of fused-ring (bicyclic) bond motifs is 2. The van der Waals surface area contributed by atoms with Gasteiger partial charge in [-0.2, -0.15) is 13.2 Å². The highest BCUT2D eigenvalue weighted by molar-refractivity contribution is 5.80. The topological polar surface area (TPSA) is 45.7 Å². The van der Waals surface area contributed by atoms with E-state index in [1.165, 1.54) is 12.1 Å². The molecule has 24 heavy (non-hydrogen) atoms. The Morgan fingerprint density at radius 3 is 2.54 bits per heavy atom. The van der Waals surface area contributed by atoms with E-state index in [0.29, 0.717) is 18.6 Å². The van der Waals surface area contributed by atoms with E-state index in [4.69, 9.17) is 4.74 Å². The first-order valence-corrected chi connectivity index (χ1v) is 8.32. The normalized spacial score (nSPS) is 26.7. The lowest BCUT2D eigenvalue weighted by atomic mass is 9.96. The maximum Gasteiger partial charge on any atom is 0.416 e. The molecule has 132 valence electrons. The fourth-order valence-corrected chi connectivity index (χ4v) is 3.25. The van der Waals surface area contributed by atoms with Gasteiger partial charge in [0, 0.05) is 6.54 Å². The Bertz CT molecular complexity index is 586. The molecule has 0 aliphatic carbocycles. The van der Waals surface area contributed by atoms with E-state index in [1.54, 1.807) is 0 Å². The van der Waals surface area contributed by atoms with Gasteiger partial charge in [0.2, 0.25) is 0 Å². The lowest BCUT2D eigenvalue weighted by Gasteiger charge is -2.22. The van der Waals surface area contributed by atoms with E-state index >= 15 is 0 Å². The molecule has 4 nitrogen and oxygen atoms in total. The Kier molecular flexibility index (Phi) is 4.99. The van der Waals surface area contributed by atoms with Gasteiger partial charge in [-0.15, -0.1) is 0 Å². The van der Waals surface area contributed by atoms with Gasteiger partial charge in [0.1, 0.15) is 0 Å². The number of hydrogen-bond acceptors (Lipinski definition) is 2. The van der Waals surface area contributed by atoms with Crippen LogP contribution >= 0.6 is 0 Å². The van der Waals surface area contributed by atoms with Crippen molar-refractivity contribution in [1.29, 1.82) is 0 Å². The number of nitrogens with zero attached hydrogens (tertiary/aromatic N) is 1. The standard InChI is InChI=1S/C17H22F3N3O/c1-2-21-16(23-14-9-13-7-8-15(14)24-13)22-10-11-3-5-12(6-4-11)17(18,19)20/h3-6,13-15H,2,7-10H2,1H3,(H2,21,22,23). The fourth-order valence-electron chi connectivity index (χ4n) is 3.25. The van der Waals surface area contributed by atoms with Crippen LogP contribution in [-0.2, 0) is 17.5 Å². The van der Waals surface area contributed by atoms with Crippen molar-refractivity contribution < 1.29 is 17.9 Å². The van der Waals surface area contributed by atoms with Crippen molar-refractivity contribution in [3.05, 3.63) is 35.4 Å². The SMILES string of the molecule is CCNC(=NCc1ccc(C(F)(F)F)cc1)NC1CC2CCC1O2. The third-order valence-electron chi connectivity index (χ3n) is 4.47. The first kappa shape index (κ1) is 17.1. The molecule has 2 N–H and O–H groups in total. The molecule has 2 aliphatic rings. The Balaban J connectivity index is 1.61. The van der Waals surface area contributed by atoms with Crippen LogP contribution in [0.3, 0.4) is 0 Å². The van der Waals surface area contributed by atoms with Crippen molar-refractivity contribution in [2.75, 3.05) is 6.54 Å². The average Bonchev–Trinajstić information content (AvgIpc) is 3.15. The molecule has 0 saturated carbocycles. The second-order valence-electron chi connectivity index (χ2n) is 6.25. The van der Waals surface area contributed by atoms with E-state index < -0.39 is 11.7 Å². The maximum atomic E-state index is 12.6. The van der Waals surface area contributed by atoms with E-state index in [0.717, 1.165) is 43.5 Å². The largest absolute Gasteiger partial charge is 0.416 e. The van der Waals surface area contributed by atoms with Gasteiger partial charge in [-0.05, 0) is 43.9 Å². The summed E-state index contributed by atoms with van der Waals surface area (Å²) in [5.41, 5.74) is 0.101. The van der Waals surface area contributed by atoms with E-state index in [2.05, 4.69) is 15.6 Å². The molecule has 2 saturated heterocycles. The number of halogens is 3. The first-order chi connectivity index (χ1) is 11.5. The Hall–Kier alpha value is -1.76. The molecule has 2 fully saturated rings. The van der Waals surface area contributed by atoms with Crippen LogP contribution in [0.1, 0.15) is 37.3 Å². The number of benzene rings is 1. The molecule has 3 atom stereocenters. The summed E-state index contributed by atoms with van der Waals surface area (Å²) in [6.45, 7) is 3.03. The number of alkyl halides is 3. The molecule has 1 aromatic rings. The second kappa shape index (κ2) is 7.01. The molecule has 2 bridgehead atoms. The number of guanidine groups is 1. The van der Waals surface area contributed by atoms with Crippen LogP contribution in [0, 0.1) is 0 Å². The Morgan fingerprint density at radius 1 is 1.25 bits per heavy atom. The zero-order valence-electron chi connectivity index (χ0n) is 13.6. The van der Waals surface area contributed by atoms with Gasteiger partial charge in [-0.3, -0.25) is 0 Å². The van der Waals surface area contributed by atoms with Crippen molar-refractivity contribution in [3.63, 3.8) is 0 Å². The predicted octanol–water partition coefficient (Wildman–Crippen LogP) is 3.08. The van der Waals surface area contributed by atoms with E-state index in [1.807, 2.05) is 6.92 Å². The van der Waals surface area contributed by atoms with Crippen molar-refractivity contribution in [1.82, 2.24) is 10.6 Å². The number of aliphatic imine (C=N–C) groups is 1. The van der Waals surface area contributed by atoms with Crippen molar-refractivity contribution in [2.45, 2.75) is 57.2 Å². The van der Waals surface area contributed by atoms with Crippen molar-refractivity contribution >= 4 is 5.96 Å². The minimum atomic E-state index is -4.31. The molecule has 3 rings (SSSR count). The maximum absolute atomic E-state index is 12.6. The molecule has 0 amide bonds. The molecule has 2 aliphatic heterocycles. The number of hydrogen-bond donors (Lipinski definition) is 2. The molecule has 0 spiro atoms. The van der Waals surface area contributed by atoms with E-state index in [9.17, 15) is 13.2 Å². The third-order valence-corrected chi connectivity index (χ3v) is 4.47. The van der Waals surface area contributed by atoms with Crippen LogP contribution in [0.2, 0.25) is 0 Å². The summed E-state index contributed by atoms with van der Waals surface area (Å²) in [5, 5.41) is 6.57.